The van der Waals surface area contributed by atoms with E-state index in [9.17, 15) is 4.39 Å². The number of unbranched alkanes of at least 4 members (excludes halogenated alkanes) is 1. The molecule has 2 nitrogen and oxygen atoms in total. The Bertz CT molecular complexity index is 815. The molecular weight excluding hydrogens is 283 g/mol. The number of fused-ring (bicyclic) bond motifs is 1. The number of hydrogen-bond donors (Lipinski definition) is 1. The summed E-state index contributed by atoms with van der Waals surface area (Å²) < 4.78 is 16.2. The van der Waals surface area contributed by atoms with Crippen molar-refractivity contribution in [2.75, 3.05) is 0 Å². The zero-order valence-corrected chi connectivity index (χ0v) is 12.7. The number of aromatic nitrogens is 2. The van der Waals surface area contributed by atoms with Crippen molar-refractivity contribution >= 4 is 23.3 Å². The van der Waals surface area contributed by atoms with Gasteiger partial charge in [0.1, 0.15) is 11.3 Å². The third kappa shape index (κ3) is 2.63. The number of imidazole rings is 1. The number of para-hydroxylation sites is 1. The standard InChI is InChI=1S/C17H17FN2S/c1-2-3-5-12-8-10-13(11-9-12)20-15-7-4-6-14(18)16(15)19-17(20)21/h4,6-11H,2-3,5H2,1H3,(H,19,21). The molecule has 0 aliphatic rings. The summed E-state index contributed by atoms with van der Waals surface area (Å²) in [5, 5.41) is 0. The van der Waals surface area contributed by atoms with Gasteiger partial charge in [0.05, 0.1) is 5.52 Å². The van der Waals surface area contributed by atoms with Crippen LogP contribution in [0.15, 0.2) is 42.5 Å². The SMILES string of the molecule is CCCCc1ccc(-n2c(=S)[nH]c3c(F)cccc32)cc1. The van der Waals surface area contributed by atoms with Crippen molar-refractivity contribution < 1.29 is 4.39 Å². The summed E-state index contributed by atoms with van der Waals surface area (Å²) in [6, 6.07) is 13.3. The first-order valence-electron chi connectivity index (χ1n) is 7.19. The van der Waals surface area contributed by atoms with E-state index in [0.717, 1.165) is 17.6 Å². The van der Waals surface area contributed by atoms with Gasteiger partial charge in [0.25, 0.3) is 0 Å². The second kappa shape index (κ2) is 5.82. The van der Waals surface area contributed by atoms with Gasteiger partial charge in [0.2, 0.25) is 0 Å². The highest BCUT2D eigenvalue weighted by Gasteiger charge is 2.09. The molecule has 0 saturated carbocycles. The molecule has 21 heavy (non-hydrogen) atoms. The second-order valence-corrected chi connectivity index (χ2v) is 5.56. The Morgan fingerprint density at radius 1 is 1.14 bits per heavy atom. The van der Waals surface area contributed by atoms with E-state index in [-0.39, 0.29) is 5.82 Å². The van der Waals surface area contributed by atoms with Crippen LogP contribution in [-0.4, -0.2) is 9.55 Å². The summed E-state index contributed by atoms with van der Waals surface area (Å²) in [4.78, 5) is 2.95. The number of hydrogen-bond acceptors (Lipinski definition) is 1. The highest BCUT2D eigenvalue weighted by atomic mass is 32.1. The largest absolute Gasteiger partial charge is 0.328 e. The number of nitrogens with zero attached hydrogens (tertiary/aromatic N) is 1. The van der Waals surface area contributed by atoms with Crippen LogP contribution in [0.4, 0.5) is 4.39 Å². The molecule has 0 bridgehead atoms. The molecule has 0 aliphatic carbocycles. The lowest BCUT2D eigenvalue weighted by Gasteiger charge is -2.06. The molecule has 3 aromatic rings. The molecular formula is C17H17FN2S. The van der Waals surface area contributed by atoms with Gasteiger partial charge >= 0.3 is 0 Å². The average Bonchev–Trinajstić information content (AvgIpc) is 2.83. The number of halogens is 1. The number of aryl methyl sites for hydroxylation is 1. The van der Waals surface area contributed by atoms with Crippen LogP contribution in [0.3, 0.4) is 0 Å². The summed E-state index contributed by atoms with van der Waals surface area (Å²) in [7, 11) is 0. The molecule has 2 aromatic carbocycles. The van der Waals surface area contributed by atoms with Crippen LogP contribution in [0.1, 0.15) is 25.3 Å². The maximum Gasteiger partial charge on any atom is 0.182 e. The molecule has 0 spiro atoms. The van der Waals surface area contributed by atoms with Crippen LogP contribution in [0.25, 0.3) is 16.7 Å². The van der Waals surface area contributed by atoms with E-state index in [1.807, 2.05) is 22.8 Å². The summed E-state index contributed by atoms with van der Waals surface area (Å²) in [5.41, 5.74) is 3.49. The molecule has 0 unspecified atom stereocenters. The molecule has 0 saturated heterocycles. The Labute approximate surface area is 128 Å². The second-order valence-electron chi connectivity index (χ2n) is 5.17. The van der Waals surface area contributed by atoms with E-state index >= 15 is 0 Å². The van der Waals surface area contributed by atoms with Crippen LogP contribution >= 0.6 is 12.2 Å². The molecule has 108 valence electrons. The zero-order valence-electron chi connectivity index (χ0n) is 11.9. The number of benzene rings is 2. The Kier molecular flexibility index (Phi) is 3.88. The summed E-state index contributed by atoms with van der Waals surface area (Å²) in [6.07, 6.45) is 3.47. The van der Waals surface area contributed by atoms with Gasteiger partial charge in [0, 0.05) is 5.69 Å². The normalized spacial score (nSPS) is 11.1. The minimum atomic E-state index is -0.281. The fourth-order valence-electron chi connectivity index (χ4n) is 2.54. The van der Waals surface area contributed by atoms with Crippen molar-refractivity contribution in [2.24, 2.45) is 0 Å². The van der Waals surface area contributed by atoms with E-state index in [2.05, 4.69) is 24.0 Å². The van der Waals surface area contributed by atoms with Crippen LogP contribution in [-0.2, 0) is 6.42 Å². The van der Waals surface area contributed by atoms with Crippen molar-refractivity contribution in [1.29, 1.82) is 0 Å². The third-order valence-corrected chi connectivity index (χ3v) is 3.97. The van der Waals surface area contributed by atoms with Crippen molar-refractivity contribution in [1.82, 2.24) is 9.55 Å². The lowest BCUT2D eigenvalue weighted by atomic mass is 10.1. The van der Waals surface area contributed by atoms with E-state index in [4.69, 9.17) is 12.2 Å². The van der Waals surface area contributed by atoms with Gasteiger partial charge in [0.15, 0.2) is 4.77 Å². The van der Waals surface area contributed by atoms with E-state index < -0.39 is 0 Å². The summed E-state index contributed by atoms with van der Waals surface area (Å²) in [5.74, 6) is -0.281. The van der Waals surface area contributed by atoms with Crippen molar-refractivity contribution in [3.63, 3.8) is 0 Å². The maximum atomic E-state index is 13.8. The average molecular weight is 300 g/mol. The van der Waals surface area contributed by atoms with Crippen LogP contribution in [0.2, 0.25) is 0 Å². The fraction of sp³-hybridized carbons (Fsp3) is 0.235. The first-order valence-corrected chi connectivity index (χ1v) is 7.60. The minimum absolute atomic E-state index is 0.281. The minimum Gasteiger partial charge on any atom is -0.328 e. The zero-order chi connectivity index (χ0) is 14.8. The van der Waals surface area contributed by atoms with Crippen LogP contribution in [0, 0.1) is 10.6 Å². The van der Waals surface area contributed by atoms with Gasteiger partial charge in [-0.3, -0.25) is 4.57 Å². The topological polar surface area (TPSA) is 20.7 Å². The van der Waals surface area contributed by atoms with Gasteiger partial charge in [-0.2, -0.15) is 0 Å². The predicted molar refractivity (Wildman–Crippen MR) is 87.0 cm³/mol. The van der Waals surface area contributed by atoms with Gasteiger partial charge in [-0.25, -0.2) is 4.39 Å². The molecule has 1 aromatic heterocycles. The molecule has 4 heteroatoms. The van der Waals surface area contributed by atoms with Crippen molar-refractivity contribution in [3.8, 4) is 5.69 Å². The number of H-pyrrole nitrogens is 1. The van der Waals surface area contributed by atoms with E-state index in [1.165, 1.54) is 24.5 Å². The first-order chi connectivity index (χ1) is 10.2. The monoisotopic (exact) mass is 300 g/mol. The Hall–Kier alpha value is -1.94. The van der Waals surface area contributed by atoms with Gasteiger partial charge in [-0.15, -0.1) is 0 Å². The van der Waals surface area contributed by atoms with Gasteiger partial charge in [-0.1, -0.05) is 31.5 Å². The van der Waals surface area contributed by atoms with Crippen LogP contribution in [0.5, 0.6) is 0 Å². The number of rotatable bonds is 4. The third-order valence-electron chi connectivity index (χ3n) is 3.68. The van der Waals surface area contributed by atoms with Crippen molar-refractivity contribution in [2.45, 2.75) is 26.2 Å². The fourth-order valence-corrected chi connectivity index (χ4v) is 2.85. The number of nitrogens with one attached hydrogen (secondary N) is 1. The van der Waals surface area contributed by atoms with Crippen LogP contribution < -0.4 is 0 Å². The Balaban J connectivity index is 2.06. The first kappa shape index (κ1) is 14.0. The molecule has 0 amide bonds. The Morgan fingerprint density at radius 2 is 1.90 bits per heavy atom. The lowest BCUT2D eigenvalue weighted by molar-refractivity contribution is 0.637. The lowest BCUT2D eigenvalue weighted by Crippen LogP contribution is -1.94. The van der Waals surface area contributed by atoms with E-state index in [1.54, 1.807) is 6.07 Å². The molecule has 0 aliphatic heterocycles. The summed E-state index contributed by atoms with van der Waals surface area (Å²) in [6.45, 7) is 2.19. The molecule has 0 atom stereocenters. The quantitative estimate of drug-likeness (QED) is 0.659. The highest BCUT2D eigenvalue weighted by Crippen LogP contribution is 2.22. The molecule has 0 fully saturated rings. The molecule has 0 radical (unpaired) electrons. The smallest absolute Gasteiger partial charge is 0.182 e. The van der Waals surface area contributed by atoms with Gasteiger partial charge in [-0.05, 0) is 54.9 Å². The Morgan fingerprint density at radius 3 is 2.62 bits per heavy atom. The molecule has 3 rings (SSSR count). The predicted octanol–water partition coefficient (Wildman–Crippen LogP) is 5.17. The van der Waals surface area contributed by atoms with Gasteiger partial charge < -0.3 is 4.98 Å². The van der Waals surface area contributed by atoms with E-state index in [0.29, 0.717) is 10.3 Å². The molecule has 1 N–H and O–H groups in total. The maximum absolute atomic E-state index is 13.8. The number of aromatic amines is 1. The van der Waals surface area contributed by atoms with Crippen molar-refractivity contribution in [3.05, 3.63) is 58.6 Å². The summed E-state index contributed by atoms with van der Waals surface area (Å²) >= 11 is 5.34. The molecule has 1 heterocycles. The highest BCUT2D eigenvalue weighted by molar-refractivity contribution is 7.71.